The number of nitrogens with zero attached hydrogens (tertiary/aromatic N) is 3. The average Bonchev–Trinajstić information content (AvgIpc) is 3.40. The number of fused-ring (bicyclic) bond motifs is 3. The summed E-state index contributed by atoms with van der Waals surface area (Å²) in [5, 5.41) is 12.6. The second-order valence-electron chi connectivity index (χ2n) is 7.98. The normalized spacial score (nSPS) is 23.3. The highest BCUT2D eigenvalue weighted by Crippen LogP contribution is 2.41. The van der Waals surface area contributed by atoms with E-state index in [0.29, 0.717) is 47.3 Å². The molecule has 3 aliphatic rings. The van der Waals surface area contributed by atoms with Gasteiger partial charge < -0.3 is 10.1 Å². The van der Waals surface area contributed by atoms with Crippen molar-refractivity contribution in [1.29, 1.82) is 0 Å². The number of nitrogens with one attached hydrogen (secondary N) is 1. The molecule has 0 bridgehead atoms. The van der Waals surface area contributed by atoms with Crippen LogP contribution in [0.15, 0.2) is 15.5 Å². The lowest BCUT2D eigenvalue weighted by molar-refractivity contribution is 0.248. The van der Waals surface area contributed by atoms with Gasteiger partial charge in [-0.25, -0.2) is 27.6 Å². The highest BCUT2D eigenvalue weighted by molar-refractivity contribution is 7.91. The number of aromatic nitrogens is 2. The Morgan fingerprint density at radius 3 is 2.87 bits per heavy atom. The number of hydrogen-bond acceptors (Lipinski definition) is 4. The number of benzene rings is 1. The van der Waals surface area contributed by atoms with Gasteiger partial charge in [-0.15, -0.1) is 4.36 Å². The monoisotopic (exact) mass is 437 g/mol. The van der Waals surface area contributed by atoms with Crippen molar-refractivity contribution in [1.82, 2.24) is 9.78 Å². The summed E-state index contributed by atoms with van der Waals surface area (Å²) in [7, 11) is -3.63. The first-order chi connectivity index (χ1) is 14.2. The van der Waals surface area contributed by atoms with E-state index in [4.69, 9.17) is 9.88 Å². The Bertz CT molecular complexity index is 1200. The zero-order valence-electron chi connectivity index (χ0n) is 16.3. The molecule has 0 radical (unpaired) electrons. The van der Waals surface area contributed by atoms with Crippen molar-refractivity contribution in [2.75, 3.05) is 5.32 Å². The first-order valence-corrected chi connectivity index (χ1v) is 11.4. The van der Waals surface area contributed by atoms with Crippen molar-refractivity contribution in [3.8, 4) is 5.88 Å². The number of amides is 2. The lowest BCUT2D eigenvalue weighted by atomic mass is 9.98. The zero-order chi connectivity index (χ0) is 21.2. The zero-order valence-corrected chi connectivity index (χ0v) is 17.1. The smallest absolute Gasteiger partial charge is 0.354 e. The largest absolute Gasteiger partial charge is 0.472 e. The van der Waals surface area contributed by atoms with Crippen molar-refractivity contribution in [2.45, 2.75) is 62.7 Å². The molecular weight excluding hydrogens is 416 g/mol. The summed E-state index contributed by atoms with van der Waals surface area (Å²) in [6.45, 7) is 2.31. The third-order valence-electron chi connectivity index (χ3n) is 5.83. The number of halogens is 2. The minimum Gasteiger partial charge on any atom is -0.472 e. The van der Waals surface area contributed by atoms with Gasteiger partial charge in [0.1, 0.15) is 23.0 Å². The molecule has 2 aromatic rings. The van der Waals surface area contributed by atoms with Gasteiger partial charge in [0, 0.05) is 18.5 Å². The Hall–Kier alpha value is -2.53. The Balaban J connectivity index is 1.51. The van der Waals surface area contributed by atoms with E-state index >= 15 is 0 Å². The standard InChI is InChI=1S/C19H21F2N5O3S/c1-9-8-26-18(29-9)15(7-23-26)30(22,28)25-19(27)24-17-12-4-2-3-11(12)16(21)13-5-10(20)6-14(13)17/h7,9-10H,2-6,8H2,1H3,(H3,22,24,25,27,28)/t9-,10+,30-/m0/s1. The van der Waals surface area contributed by atoms with Crippen molar-refractivity contribution in [3.05, 3.63) is 34.3 Å². The predicted octanol–water partition coefficient (Wildman–Crippen LogP) is 2.66. The number of alkyl halides is 1. The summed E-state index contributed by atoms with van der Waals surface area (Å²) < 4.78 is 52.6. The summed E-state index contributed by atoms with van der Waals surface area (Å²) in [5.74, 6) is -0.132. The predicted molar refractivity (Wildman–Crippen MR) is 105 cm³/mol. The number of nitrogens with two attached hydrogens (primary N) is 1. The van der Waals surface area contributed by atoms with E-state index in [0.717, 1.165) is 6.42 Å². The summed E-state index contributed by atoms with van der Waals surface area (Å²) in [6, 6.07) is -0.932. The van der Waals surface area contributed by atoms with Gasteiger partial charge in [-0.2, -0.15) is 5.10 Å². The van der Waals surface area contributed by atoms with Crippen molar-refractivity contribution < 1.29 is 22.5 Å². The Morgan fingerprint density at radius 2 is 2.07 bits per heavy atom. The van der Waals surface area contributed by atoms with Crippen molar-refractivity contribution in [3.63, 3.8) is 0 Å². The number of hydrogen-bond donors (Lipinski definition) is 2. The topological polar surface area (TPSA) is 112 Å². The number of rotatable bonds is 2. The van der Waals surface area contributed by atoms with E-state index in [1.165, 1.54) is 10.9 Å². The number of urea groups is 1. The average molecular weight is 437 g/mol. The SMILES string of the molecule is C[C@H]1Cn2ncc([S@@](N)(=O)=NC(=O)Nc3c4c(c(F)c5c3C[C@H](F)C5)CCC4)c2O1. The maximum absolute atomic E-state index is 14.8. The Morgan fingerprint density at radius 1 is 1.33 bits per heavy atom. The van der Waals surface area contributed by atoms with E-state index < -0.39 is 22.1 Å². The van der Waals surface area contributed by atoms with Crippen molar-refractivity contribution >= 4 is 21.6 Å². The van der Waals surface area contributed by atoms with E-state index in [1.54, 1.807) is 0 Å². The van der Waals surface area contributed by atoms with Crippen LogP contribution in [0.2, 0.25) is 0 Å². The van der Waals surface area contributed by atoms with Crippen LogP contribution < -0.4 is 15.2 Å². The van der Waals surface area contributed by atoms with Gasteiger partial charge in [0.25, 0.3) is 0 Å². The molecule has 5 rings (SSSR count). The molecule has 1 aliphatic heterocycles. The minimum atomic E-state index is -3.63. The summed E-state index contributed by atoms with van der Waals surface area (Å²) >= 11 is 0. The number of ether oxygens (including phenoxy) is 1. The Kier molecular flexibility index (Phi) is 4.37. The molecule has 2 aliphatic carbocycles. The number of carbonyl (C=O) groups is 1. The van der Waals surface area contributed by atoms with Gasteiger partial charge >= 0.3 is 6.03 Å². The third kappa shape index (κ3) is 2.99. The van der Waals surface area contributed by atoms with Crippen LogP contribution >= 0.6 is 0 Å². The fraction of sp³-hybridized carbons (Fsp3) is 0.474. The van der Waals surface area contributed by atoms with Crippen LogP contribution in [0, 0.1) is 5.82 Å². The lowest BCUT2D eigenvalue weighted by Crippen LogP contribution is -2.19. The molecule has 160 valence electrons. The molecule has 3 atom stereocenters. The van der Waals surface area contributed by atoms with Gasteiger partial charge in [-0.05, 0) is 48.4 Å². The summed E-state index contributed by atoms with van der Waals surface area (Å²) in [6.07, 6.45) is 1.80. The molecule has 1 aromatic carbocycles. The van der Waals surface area contributed by atoms with Gasteiger partial charge in [-0.1, -0.05) is 0 Å². The van der Waals surface area contributed by atoms with Crippen LogP contribution in [0.5, 0.6) is 5.88 Å². The molecule has 0 fully saturated rings. The maximum Gasteiger partial charge on any atom is 0.354 e. The molecule has 2 amide bonds. The first kappa shape index (κ1) is 19.4. The van der Waals surface area contributed by atoms with E-state index in [-0.39, 0.29) is 35.5 Å². The molecule has 0 saturated heterocycles. The molecule has 1 aromatic heterocycles. The van der Waals surface area contributed by atoms with Gasteiger partial charge in [0.2, 0.25) is 5.88 Å². The lowest BCUT2D eigenvalue weighted by Gasteiger charge is -2.16. The summed E-state index contributed by atoms with van der Waals surface area (Å²) in [4.78, 5) is 12.7. The molecule has 0 spiro atoms. The van der Waals surface area contributed by atoms with E-state index in [1.807, 2.05) is 6.92 Å². The Labute approximate surface area is 172 Å². The second kappa shape index (κ2) is 6.74. The molecule has 30 heavy (non-hydrogen) atoms. The van der Waals surface area contributed by atoms with E-state index in [9.17, 15) is 17.8 Å². The second-order valence-corrected chi connectivity index (χ2v) is 9.74. The third-order valence-corrected chi connectivity index (χ3v) is 7.18. The van der Waals surface area contributed by atoms with Crippen molar-refractivity contribution in [2.24, 2.45) is 9.50 Å². The van der Waals surface area contributed by atoms with Crippen LogP contribution in [-0.4, -0.2) is 32.3 Å². The van der Waals surface area contributed by atoms with Gasteiger partial charge in [-0.3, -0.25) is 0 Å². The molecule has 2 heterocycles. The number of anilines is 1. The fourth-order valence-corrected chi connectivity index (χ4v) is 5.59. The highest BCUT2D eigenvalue weighted by Gasteiger charge is 2.34. The summed E-state index contributed by atoms with van der Waals surface area (Å²) in [5.41, 5.74) is 2.33. The van der Waals surface area contributed by atoms with E-state index in [2.05, 4.69) is 14.8 Å². The molecule has 0 saturated carbocycles. The van der Waals surface area contributed by atoms with Crippen LogP contribution in [-0.2, 0) is 42.1 Å². The number of carbonyl (C=O) groups excluding carboxylic acids is 1. The van der Waals surface area contributed by atoms with Crippen LogP contribution in [0.3, 0.4) is 0 Å². The maximum atomic E-state index is 14.8. The van der Waals surface area contributed by atoms with Crippen LogP contribution in [0.25, 0.3) is 0 Å². The first-order valence-electron chi connectivity index (χ1n) is 9.82. The molecule has 3 N–H and O–H groups in total. The molecule has 8 nitrogen and oxygen atoms in total. The van der Waals surface area contributed by atoms with Gasteiger partial charge in [0.05, 0.1) is 12.7 Å². The quantitative estimate of drug-likeness (QED) is 0.752. The minimum absolute atomic E-state index is 0.0137. The molecular formula is C19H21F2N5O3S. The van der Waals surface area contributed by atoms with Crippen LogP contribution in [0.1, 0.15) is 35.6 Å². The molecule has 0 unspecified atom stereocenters. The molecule has 11 heteroatoms. The van der Waals surface area contributed by atoms with Crippen LogP contribution in [0.4, 0.5) is 19.3 Å². The highest BCUT2D eigenvalue weighted by atomic mass is 32.2. The fourth-order valence-electron chi connectivity index (χ4n) is 4.59. The van der Waals surface area contributed by atoms with Gasteiger partial charge in [0.15, 0.2) is 9.92 Å².